The second-order valence-electron chi connectivity index (χ2n) is 5.41. The first-order valence-electron chi connectivity index (χ1n) is 8.64. The summed E-state index contributed by atoms with van der Waals surface area (Å²) < 4.78 is 27.1. The molecule has 1 aliphatic rings. The number of nitrogens with zero attached hydrogens (tertiary/aromatic N) is 2. The van der Waals surface area contributed by atoms with E-state index in [2.05, 4.69) is 10.3 Å². The Hall–Kier alpha value is -2.71. The van der Waals surface area contributed by atoms with Crippen LogP contribution in [0.1, 0.15) is 24.2 Å². The van der Waals surface area contributed by atoms with Gasteiger partial charge in [0, 0.05) is 22.4 Å². The van der Waals surface area contributed by atoms with Crippen LogP contribution in [0.25, 0.3) is 0 Å². The average molecular weight is 416 g/mol. The molecule has 1 N–H and O–H groups in total. The van der Waals surface area contributed by atoms with Crippen LogP contribution in [0.15, 0.2) is 76.7 Å². The Bertz CT molecular complexity index is 995. The van der Waals surface area contributed by atoms with Crippen molar-refractivity contribution in [3.8, 4) is 0 Å². The molecule has 2 heterocycles. The van der Waals surface area contributed by atoms with Crippen molar-refractivity contribution >= 4 is 40.3 Å². The number of carbonyl (C=O) groups is 1. The maximum atomic E-state index is 12.9. The number of halogens is 1. The standard InChI is InChI=1S/C18H12FN3O2S2.C2H6/c19-13-7-10-17(20-11-13)21-18(23)12-5-8-14(9-6-12)22-25-15-3-1-2-4-16(15)26(22)24;1-2/h1-11H,(H,20,21,23);1-2H3. The number of nitrogens with one attached hydrogen (secondary N) is 1. The van der Waals surface area contributed by atoms with Crippen LogP contribution in [0.2, 0.25) is 0 Å². The molecule has 1 aromatic heterocycles. The molecule has 8 heteroatoms. The predicted molar refractivity (Wildman–Crippen MR) is 111 cm³/mol. The van der Waals surface area contributed by atoms with Crippen LogP contribution in [0, 0.1) is 5.82 Å². The van der Waals surface area contributed by atoms with Gasteiger partial charge in [-0.3, -0.25) is 4.79 Å². The largest absolute Gasteiger partial charge is 0.307 e. The fourth-order valence-corrected chi connectivity index (χ4v) is 5.11. The number of benzene rings is 2. The van der Waals surface area contributed by atoms with Crippen LogP contribution < -0.4 is 9.03 Å². The summed E-state index contributed by atoms with van der Waals surface area (Å²) in [6.45, 7) is 4.00. The Labute approximate surface area is 169 Å². The van der Waals surface area contributed by atoms with E-state index in [9.17, 15) is 13.4 Å². The normalized spacial score (nSPS) is 14.7. The van der Waals surface area contributed by atoms with Crippen molar-refractivity contribution in [3.05, 3.63) is 78.2 Å². The number of rotatable bonds is 3. The molecule has 5 nitrogen and oxygen atoms in total. The Morgan fingerprint density at radius 2 is 1.79 bits per heavy atom. The van der Waals surface area contributed by atoms with E-state index < -0.39 is 16.8 Å². The highest BCUT2D eigenvalue weighted by Crippen LogP contribution is 2.42. The summed E-state index contributed by atoms with van der Waals surface area (Å²) in [5.74, 6) is -0.550. The van der Waals surface area contributed by atoms with E-state index in [1.54, 1.807) is 28.0 Å². The summed E-state index contributed by atoms with van der Waals surface area (Å²) in [4.78, 5) is 17.8. The molecule has 28 heavy (non-hydrogen) atoms. The Morgan fingerprint density at radius 1 is 1.07 bits per heavy atom. The molecule has 3 aromatic rings. The summed E-state index contributed by atoms with van der Waals surface area (Å²) in [6, 6.07) is 16.9. The lowest BCUT2D eigenvalue weighted by Gasteiger charge is -2.14. The molecule has 1 unspecified atom stereocenters. The van der Waals surface area contributed by atoms with E-state index in [-0.39, 0.29) is 11.7 Å². The molecular formula is C20H18FN3O2S2. The minimum Gasteiger partial charge on any atom is -0.307 e. The lowest BCUT2D eigenvalue weighted by molar-refractivity contribution is 0.102. The first kappa shape index (κ1) is 20.0. The van der Waals surface area contributed by atoms with Gasteiger partial charge in [0.05, 0.1) is 16.8 Å². The number of aromatic nitrogens is 1. The number of amides is 1. The van der Waals surface area contributed by atoms with Gasteiger partial charge in [0.15, 0.2) is 11.0 Å². The van der Waals surface area contributed by atoms with Crippen LogP contribution in [-0.4, -0.2) is 15.1 Å². The highest BCUT2D eigenvalue weighted by atomic mass is 32.2. The van der Waals surface area contributed by atoms with Crippen LogP contribution in [0.5, 0.6) is 0 Å². The van der Waals surface area contributed by atoms with Gasteiger partial charge >= 0.3 is 0 Å². The first-order valence-corrected chi connectivity index (χ1v) is 10.5. The van der Waals surface area contributed by atoms with E-state index in [0.717, 1.165) is 21.7 Å². The molecule has 1 amide bonds. The molecular weight excluding hydrogens is 397 g/mol. The number of fused-ring (bicyclic) bond motifs is 1. The van der Waals surface area contributed by atoms with Gasteiger partial charge < -0.3 is 5.32 Å². The minimum absolute atomic E-state index is 0.270. The minimum atomic E-state index is -1.29. The van der Waals surface area contributed by atoms with Gasteiger partial charge in [-0.25, -0.2) is 17.3 Å². The zero-order chi connectivity index (χ0) is 20.1. The first-order chi connectivity index (χ1) is 13.6. The van der Waals surface area contributed by atoms with Crippen molar-refractivity contribution in [1.82, 2.24) is 4.98 Å². The second kappa shape index (κ2) is 8.99. The topological polar surface area (TPSA) is 62.3 Å². The average Bonchev–Trinajstić information content (AvgIpc) is 3.08. The molecule has 1 atom stereocenters. The van der Waals surface area contributed by atoms with E-state index in [4.69, 9.17) is 0 Å². The molecule has 0 spiro atoms. The monoisotopic (exact) mass is 415 g/mol. The van der Waals surface area contributed by atoms with E-state index >= 15 is 0 Å². The molecule has 1 aliphatic heterocycles. The van der Waals surface area contributed by atoms with Crippen molar-refractivity contribution in [1.29, 1.82) is 0 Å². The maximum absolute atomic E-state index is 12.9. The maximum Gasteiger partial charge on any atom is 0.256 e. The zero-order valence-electron chi connectivity index (χ0n) is 15.3. The molecule has 0 saturated heterocycles. The number of pyridine rings is 1. The van der Waals surface area contributed by atoms with Gasteiger partial charge in [-0.05, 0) is 48.5 Å². The summed E-state index contributed by atoms with van der Waals surface area (Å²) in [5, 5.41) is 2.60. The van der Waals surface area contributed by atoms with Crippen molar-refractivity contribution in [3.63, 3.8) is 0 Å². The number of hydrogen-bond donors (Lipinski definition) is 1. The van der Waals surface area contributed by atoms with Crippen molar-refractivity contribution in [2.24, 2.45) is 0 Å². The van der Waals surface area contributed by atoms with E-state index in [1.165, 1.54) is 24.1 Å². The van der Waals surface area contributed by atoms with Crippen LogP contribution in [-0.2, 0) is 11.0 Å². The smallest absolute Gasteiger partial charge is 0.256 e. The third-order valence-electron chi connectivity index (χ3n) is 3.68. The third-order valence-corrected chi connectivity index (χ3v) is 6.61. The SMILES string of the molecule is CC.O=C(Nc1ccc(F)cn1)c1ccc(N2Sc3ccccc3S2=O)cc1. The summed E-state index contributed by atoms with van der Waals surface area (Å²) in [7, 11) is -1.29. The van der Waals surface area contributed by atoms with Crippen LogP contribution in [0.3, 0.4) is 0 Å². The lowest BCUT2D eigenvalue weighted by atomic mass is 10.2. The number of carbonyl (C=O) groups excluding carboxylic acids is 1. The van der Waals surface area contributed by atoms with Gasteiger partial charge in [0.1, 0.15) is 11.6 Å². The Morgan fingerprint density at radius 3 is 2.43 bits per heavy atom. The summed E-state index contributed by atoms with van der Waals surface area (Å²) in [6.07, 6.45) is 1.04. The van der Waals surface area contributed by atoms with E-state index in [1.807, 2.05) is 38.1 Å². The molecule has 144 valence electrons. The number of hydrogen-bond acceptors (Lipinski definition) is 4. The fraction of sp³-hybridized carbons (Fsp3) is 0.100. The third kappa shape index (κ3) is 4.23. The van der Waals surface area contributed by atoms with Crippen molar-refractivity contribution in [2.75, 3.05) is 9.03 Å². The van der Waals surface area contributed by atoms with Gasteiger partial charge in [-0.2, -0.15) is 0 Å². The zero-order valence-corrected chi connectivity index (χ0v) is 16.9. The fourth-order valence-electron chi connectivity index (χ4n) is 2.40. The second-order valence-corrected chi connectivity index (χ2v) is 7.93. The molecule has 0 fully saturated rings. The lowest BCUT2D eigenvalue weighted by Crippen LogP contribution is -2.14. The van der Waals surface area contributed by atoms with Gasteiger partial charge in [-0.1, -0.05) is 26.0 Å². The van der Waals surface area contributed by atoms with Crippen molar-refractivity contribution in [2.45, 2.75) is 23.6 Å². The molecule has 4 rings (SSSR count). The van der Waals surface area contributed by atoms with Crippen LogP contribution >= 0.6 is 11.9 Å². The Kier molecular flexibility index (Phi) is 6.43. The predicted octanol–water partition coefficient (Wildman–Crippen LogP) is 5.05. The number of anilines is 2. The summed E-state index contributed by atoms with van der Waals surface area (Å²) in [5.41, 5.74) is 1.16. The molecule has 2 aromatic carbocycles. The van der Waals surface area contributed by atoms with Crippen molar-refractivity contribution < 1.29 is 13.4 Å². The van der Waals surface area contributed by atoms with Crippen LogP contribution in [0.4, 0.5) is 15.9 Å². The Balaban J connectivity index is 0.00000109. The highest BCUT2D eigenvalue weighted by Gasteiger charge is 2.28. The van der Waals surface area contributed by atoms with Gasteiger partial charge in [-0.15, -0.1) is 0 Å². The van der Waals surface area contributed by atoms with Gasteiger partial charge in [0.2, 0.25) is 0 Å². The summed E-state index contributed by atoms with van der Waals surface area (Å²) >= 11 is 1.40. The van der Waals surface area contributed by atoms with E-state index in [0.29, 0.717) is 5.56 Å². The molecule has 0 radical (unpaired) electrons. The highest BCUT2D eigenvalue weighted by molar-refractivity contribution is 8.14. The molecule has 0 saturated carbocycles. The molecule has 0 aliphatic carbocycles. The van der Waals surface area contributed by atoms with Gasteiger partial charge in [0.25, 0.3) is 5.91 Å². The quantitative estimate of drug-likeness (QED) is 0.608. The molecule has 0 bridgehead atoms.